The molecular weight excluding hydrogens is 206 g/mol. The van der Waals surface area contributed by atoms with E-state index in [0.29, 0.717) is 12.5 Å². The third kappa shape index (κ3) is 3.83. The molecule has 1 rings (SSSR count). The van der Waals surface area contributed by atoms with Crippen LogP contribution in [0.1, 0.15) is 46.0 Å². The highest BCUT2D eigenvalue weighted by molar-refractivity contribution is 5.86. The minimum Gasteiger partial charge on any atom is -0.481 e. The average molecular weight is 227 g/mol. The van der Waals surface area contributed by atoms with Crippen molar-refractivity contribution in [2.24, 2.45) is 11.3 Å². The Kier molecular flexibility index (Phi) is 4.33. The number of carbonyl (C=O) groups is 2. The van der Waals surface area contributed by atoms with Gasteiger partial charge in [0.05, 0.1) is 11.8 Å². The zero-order valence-corrected chi connectivity index (χ0v) is 10.1. The van der Waals surface area contributed by atoms with Crippen LogP contribution in [-0.2, 0) is 9.59 Å². The fourth-order valence-electron chi connectivity index (χ4n) is 2.15. The fourth-order valence-corrected chi connectivity index (χ4v) is 2.15. The molecule has 0 aromatic carbocycles. The number of nitrogens with one attached hydrogen (secondary N) is 1. The van der Waals surface area contributed by atoms with Crippen molar-refractivity contribution in [3.05, 3.63) is 0 Å². The van der Waals surface area contributed by atoms with Crippen molar-refractivity contribution < 1.29 is 14.7 Å². The molecule has 0 aromatic heterocycles. The highest BCUT2D eigenvalue weighted by Crippen LogP contribution is 2.25. The summed E-state index contributed by atoms with van der Waals surface area (Å²) in [6.07, 6.45) is 4.74. The Hall–Kier alpha value is -1.06. The van der Waals surface area contributed by atoms with E-state index in [1.54, 1.807) is 13.8 Å². The van der Waals surface area contributed by atoms with Gasteiger partial charge in [-0.1, -0.05) is 26.7 Å². The molecular formula is C12H21NO3. The smallest absolute Gasteiger partial charge is 0.304 e. The van der Waals surface area contributed by atoms with Crippen molar-refractivity contribution in [3.8, 4) is 0 Å². The minimum absolute atomic E-state index is 0.122. The summed E-state index contributed by atoms with van der Waals surface area (Å²) in [5, 5.41) is 11.6. The molecule has 0 radical (unpaired) electrons. The minimum atomic E-state index is -0.930. The van der Waals surface area contributed by atoms with E-state index in [4.69, 9.17) is 5.11 Å². The zero-order valence-electron chi connectivity index (χ0n) is 10.1. The summed E-state index contributed by atoms with van der Waals surface area (Å²) in [7, 11) is 0. The van der Waals surface area contributed by atoms with Crippen molar-refractivity contribution in [1.82, 2.24) is 5.32 Å². The van der Waals surface area contributed by atoms with Gasteiger partial charge in [0.15, 0.2) is 0 Å². The Morgan fingerprint density at radius 1 is 1.31 bits per heavy atom. The summed E-state index contributed by atoms with van der Waals surface area (Å²) in [5.74, 6) is -0.493. The fraction of sp³-hybridized carbons (Fsp3) is 0.833. The van der Waals surface area contributed by atoms with Gasteiger partial charge in [-0.05, 0) is 18.8 Å². The topological polar surface area (TPSA) is 66.4 Å². The molecule has 0 spiro atoms. The normalized spacial score (nSPS) is 17.4. The maximum Gasteiger partial charge on any atom is 0.304 e. The van der Waals surface area contributed by atoms with Crippen LogP contribution >= 0.6 is 0 Å². The molecule has 1 aliphatic rings. The van der Waals surface area contributed by atoms with Crippen LogP contribution in [0.15, 0.2) is 0 Å². The van der Waals surface area contributed by atoms with Gasteiger partial charge >= 0.3 is 5.97 Å². The van der Waals surface area contributed by atoms with E-state index in [1.165, 1.54) is 25.7 Å². The molecule has 1 fully saturated rings. The first-order chi connectivity index (χ1) is 7.42. The Morgan fingerprint density at radius 3 is 2.38 bits per heavy atom. The van der Waals surface area contributed by atoms with Gasteiger partial charge in [-0.3, -0.25) is 9.59 Å². The van der Waals surface area contributed by atoms with E-state index in [9.17, 15) is 9.59 Å². The van der Waals surface area contributed by atoms with Gasteiger partial charge in [0, 0.05) is 6.54 Å². The highest BCUT2D eigenvalue weighted by Gasteiger charge is 2.30. The van der Waals surface area contributed by atoms with Gasteiger partial charge in [-0.2, -0.15) is 0 Å². The predicted octanol–water partition coefficient (Wildman–Crippen LogP) is 1.79. The van der Waals surface area contributed by atoms with Crippen molar-refractivity contribution in [1.29, 1.82) is 0 Å². The second-order valence-corrected chi connectivity index (χ2v) is 5.31. The molecule has 92 valence electrons. The monoisotopic (exact) mass is 227 g/mol. The molecule has 0 aliphatic heterocycles. The summed E-state index contributed by atoms with van der Waals surface area (Å²) >= 11 is 0. The molecule has 4 heteroatoms. The van der Waals surface area contributed by atoms with Crippen LogP contribution in [0, 0.1) is 11.3 Å². The lowest BCUT2D eigenvalue weighted by atomic mass is 9.88. The van der Waals surface area contributed by atoms with Crippen molar-refractivity contribution >= 4 is 11.9 Å². The molecule has 0 unspecified atom stereocenters. The number of amides is 1. The Labute approximate surface area is 96.4 Å². The number of hydrogen-bond acceptors (Lipinski definition) is 2. The van der Waals surface area contributed by atoms with Gasteiger partial charge in [0.2, 0.25) is 5.91 Å². The quantitative estimate of drug-likeness (QED) is 0.752. The number of rotatable bonds is 5. The molecule has 1 aliphatic carbocycles. The predicted molar refractivity (Wildman–Crippen MR) is 61.0 cm³/mol. The van der Waals surface area contributed by atoms with Crippen LogP contribution < -0.4 is 5.32 Å². The van der Waals surface area contributed by atoms with Crippen LogP contribution in [0.4, 0.5) is 0 Å². The second kappa shape index (κ2) is 5.32. The summed E-state index contributed by atoms with van der Waals surface area (Å²) < 4.78 is 0. The molecule has 0 bridgehead atoms. The first kappa shape index (κ1) is 13.0. The van der Waals surface area contributed by atoms with E-state index in [1.807, 2.05) is 0 Å². The van der Waals surface area contributed by atoms with Crippen LogP contribution in [0.5, 0.6) is 0 Å². The molecule has 1 amide bonds. The van der Waals surface area contributed by atoms with Crippen molar-refractivity contribution in [3.63, 3.8) is 0 Å². The lowest BCUT2D eigenvalue weighted by Gasteiger charge is -2.22. The van der Waals surface area contributed by atoms with Crippen LogP contribution in [0.2, 0.25) is 0 Å². The van der Waals surface area contributed by atoms with Crippen LogP contribution in [0.25, 0.3) is 0 Å². The average Bonchev–Trinajstić information content (AvgIpc) is 2.64. The first-order valence-corrected chi connectivity index (χ1v) is 5.92. The van der Waals surface area contributed by atoms with E-state index in [-0.39, 0.29) is 12.3 Å². The van der Waals surface area contributed by atoms with Crippen molar-refractivity contribution in [2.75, 3.05) is 6.54 Å². The molecule has 2 N–H and O–H groups in total. The van der Waals surface area contributed by atoms with E-state index in [2.05, 4.69) is 5.32 Å². The van der Waals surface area contributed by atoms with Gasteiger partial charge in [-0.15, -0.1) is 0 Å². The molecule has 0 heterocycles. The van der Waals surface area contributed by atoms with E-state index >= 15 is 0 Å². The lowest BCUT2D eigenvalue weighted by Crippen LogP contribution is -2.40. The number of aliphatic carboxylic acids is 1. The second-order valence-electron chi connectivity index (χ2n) is 5.31. The standard InChI is InChI=1S/C12H21NO3/c1-12(2,7-10(14)15)11(16)13-8-9-5-3-4-6-9/h9H,3-8H2,1-2H3,(H,13,16)(H,14,15). The molecule has 16 heavy (non-hydrogen) atoms. The van der Waals surface area contributed by atoms with E-state index in [0.717, 1.165) is 0 Å². The number of hydrogen-bond donors (Lipinski definition) is 2. The van der Waals surface area contributed by atoms with E-state index < -0.39 is 11.4 Å². The number of carboxylic acid groups (broad SMARTS) is 1. The SMILES string of the molecule is CC(C)(CC(=O)O)C(=O)NCC1CCCC1. The third-order valence-electron chi connectivity index (χ3n) is 3.23. The maximum atomic E-state index is 11.8. The van der Waals surface area contributed by atoms with Crippen LogP contribution in [0.3, 0.4) is 0 Å². The largest absolute Gasteiger partial charge is 0.481 e. The van der Waals surface area contributed by atoms with Crippen LogP contribution in [-0.4, -0.2) is 23.5 Å². The summed E-state index contributed by atoms with van der Waals surface area (Å²) in [6.45, 7) is 4.04. The van der Waals surface area contributed by atoms with Gasteiger partial charge in [0.1, 0.15) is 0 Å². The molecule has 1 saturated carbocycles. The summed E-state index contributed by atoms with van der Waals surface area (Å²) in [4.78, 5) is 22.4. The zero-order chi connectivity index (χ0) is 12.2. The Morgan fingerprint density at radius 2 is 1.88 bits per heavy atom. The Balaban J connectivity index is 2.35. The number of carbonyl (C=O) groups excluding carboxylic acids is 1. The number of carboxylic acids is 1. The van der Waals surface area contributed by atoms with Gasteiger partial charge in [-0.25, -0.2) is 0 Å². The first-order valence-electron chi connectivity index (χ1n) is 5.92. The summed E-state index contributed by atoms with van der Waals surface area (Å²) in [6, 6.07) is 0. The molecule has 0 saturated heterocycles. The molecule has 4 nitrogen and oxygen atoms in total. The summed E-state index contributed by atoms with van der Waals surface area (Å²) in [5.41, 5.74) is -0.815. The van der Waals surface area contributed by atoms with Gasteiger partial charge in [0.25, 0.3) is 0 Å². The van der Waals surface area contributed by atoms with Gasteiger partial charge < -0.3 is 10.4 Å². The lowest BCUT2D eigenvalue weighted by molar-refractivity contribution is -0.144. The maximum absolute atomic E-state index is 11.8. The molecule has 0 aromatic rings. The highest BCUT2D eigenvalue weighted by atomic mass is 16.4. The Bertz CT molecular complexity index is 267. The van der Waals surface area contributed by atoms with Crippen molar-refractivity contribution in [2.45, 2.75) is 46.0 Å². The third-order valence-corrected chi connectivity index (χ3v) is 3.23. The molecule has 0 atom stereocenters.